The minimum absolute atomic E-state index is 0.366. The van der Waals surface area contributed by atoms with Gasteiger partial charge in [-0.15, -0.1) is 0 Å². The minimum atomic E-state index is -0.993. The summed E-state index contributed by atoms with van der Waals surface area (Å²) in [6.45, 7) is 0. The first kappa shape index (κ1) is 10.5. The van der Waals surface area contributed by atoms with Crippen LogP contribution in [-0.4, -0.2) is 22.1 Å². The van der Waals surface area contributed by atoms with Gasteiger partial charge in [0.1, 0.15) is 11.9 Å². The average molecular weight is 195 g/mol. The lowest BCUT2D eigenvalue weighted by Crippen LogP contribution is -2.30. The molecule has 0 aliphatic carbocycles. The van der Waals surface area contributed by atoms with Crippen molar-refractivity contribution in [3.8, 4) is 0 Å². The van der Waals surface area contributed by atoms with E-state index in [4.69, 9.17) is 16.6 Å². The van der Waals surface area contributed by atoms with Gasteiger partial charge in [-0.3, -0.25) is 4.79 Å². The summed E-state index contributed by atoms with van der Waals surface area (Å²) in [5.74, 6) is -0.558. The Morgan fingerprint density at radius 3 is 2.93 bits per heavy atom. The zero-order chi connectivity index (χ0) is 10.6. The maximum Gasteiger partial charge on any atom is 0.320 e. The molecule has 0 aliphatic heterocycles. The Hall–Kier alpha value is -1.62. The standard InChI is InChI=1S/C9H13N3O2/c10-7(9(13)14)4-3-6-2-1-5-12-8(6)11/h1-2,5,7H,3-4,10H2,(H2,11,12)(H,13,14)/t7-/m0/s1. The number of aryl methyl sites for hydroxylation is 1. The van der Waals surface area contributed by atoms with Crippen LogP contribution in [0.2, 0.25) is 0 Å². The van der Waals surface area contributed by atoms with Gasteiger partial charge in [0.05, 0.1) is 0 Å². The highest BCUT2D eigenvalue weighted by Gasteiger charge is 2.11. The maximum atomic E-state index is 10.4. The number of nitrogens with zero attached hydrogens (tertiary/aromatic N) is 1. The smallest absolute Gasteiger partial charge is 0.320 e. The van der Waals surface area contributed by atoms with E-state index in [2.05, 4.69) is 4.98 Å². The molecule has 14 heavy (non-hydrogen) atoms. The van der Waals surface area contributed by atoms with E-state index in [1.165, 1.54) is 0 Å². The van der Waals surface area contributed by atoms with Crippen LogP contribution in [0.4, 0.5) is 5.82 Å². The fraction of sp³-hybridized carbons (Fsp3) is 0.333. The Balaban J connectivity index is 2.54. The molecule has 1 rings (SSSR count). The molecule has 1 heterocycles. The van der Waals surface area contributed by atoms with Gasteiger partial charge < -0.3 is 16.6 Å². The lowest BCUT2D eigenvalue weighted by Gasteiger charge is -2.07. The number of aromatic nitrogens is 1. The van der Waals surface area contributed by atoms with Crippen LogP contribution in [0.1, 0.15) is 12.0 Å². The number of carboxylic acids is 1. The van der Waals surface area contributed by atoms with Crippen LogP contribution in [0.15, 0.2) is 18.3 Å². The first-order valence-electron chi connectivity index (χ1n) is 4.29. The molecule has 0 bridgehead atoms. The van der Waals surface area contributed by atoms with Crippen LogP contribution in [0.5, 0.6) is 0 Å². The molecule has 5 N–H and O–H groups in total. The summed E-state index contributed by atoms with van der Waals surface area (Å²) in [5.41, 5.74) is 11.8. The van der Waals surface area contributed by atoms with Crippen LogP contribution < -0.4 is 11.5 Å². The second kappa shape index (κ2) is 4.57. The topological polar surface area (TPSA) is 102 Å². The monoisotopic (exact) mass is 195 g/mol. The van der Waals surface area contributed by atoms with Gasteiger partial charge in [-0.2, -0.15) is 0 Å². The molecule has 1 atom stereocenters. The first-order valence-corrected chi connectivity index (χ1v) is 4.29. The normalized spacial score (nSPS) is 12.4. The molecule has 0 fully saturated rings. The molecule has 0 saturated carbocycles. The second-order valence-corrected chi connectivity index (χ2v) is 3.03. The SMILES string of the molecule is Nc1ncccc1CC[C@H](N)C(=O)O. The maximum absolute atomic E-state index is 10.4. The molecule has 5 nitrogen and oxygen atoms in total. The van der Waals surface area contributed by atoms with Crippen LogP contribution >= 0.6 is 0 Å². The van der Waals surface area contributed by atoms with Gasteiger partial charge in [0.15, 0.2) is 0 Å². The third-order valence-corrected chi connectivity index (χ3v) is 1.97. The second-order valence-electron chi connectivity index (χ2n) is 3.03. The minimum Gasteiger partial charge on any atom is -0.480 e. The lowest BCUT2D eigenvalue weighted by molar-refractivity contribution is -0.138. The number of pyridine rings is 1. The van der Waals surface area contributed by atoms with E-state index in [1.54, 1.807) is 12.3 Å². The van der Waals surface area contributed by atoms with E-state index >= 15 is 0 Å². The fourth-order valence-electron chi connectivity index (χ4n) is 1.10. The molecule has 0 aromatic carbocycles. The molecule has 0 spiro atoms. The van der Waals surface area contributed by atoms with E-state index in [0.717, 1.165) is 5.56 Å². The van der Waals surface area contributed by atoms with E-state index in [1.807, 2.05) is 6.07 Å². The molecule has 0 unspecified atom stereocenters. The lowest BCUT2D eigenvalue weighted by atomic mass is 10.1. The molecule has 0 saturated heterocycles. The number of nitrogens with two attached hydrogens (primary N) is 2. The van der Waals surface area contributed by atoms with Crippen LogP contribution in [0.3, 0.4) is 0 Å². The van der Waals surface area contributed by atoms with E-state index in [-0.39, 0.29) is 0 Å². The van der Waals surface area contributed by atoms with E-state index in [0.29, 0.717) is 18.7 Å². The molecule has 1 aromatic rings. The number of carboxylic acid groups (broad SMARTS) is 1. The van der Waals surface area contributed by atoms with Crippen molar-refractivity contribution in [2.45, 2.75) is 18.9 Å². The van der Waals surface area contributed by atoms with Crippen LogP contribution in [-0.2, 0) is 11.2 Å². The Bertz CT molecular complexity index is 328. The molecular formula is C9H13N3O2. The van der Waals surface area contributed by atoms with Crippen molar-refractivity contribution in [1.82, 2.24) is 4.98 Å². The summed E-state index contributed by atoms with van der Waals surface area (Å²) in [7, 11) is 0. The molecule has 76 valence electrons. The van der Waals surface area contributed by atoms with Crippen molar-refractivity contribution < 1.29 is 9.90 Å². The average Bonchev–Trinajstić information content (AvgIpc) is 2.16. The summed E-state index contributed by atoms with van der Waals surface area (Å²) in [4.78, 5) is 14.3. The summed E-state index contributed by atoms with van der Waals surface area (Å²) in [6.07, 6.45) is 2.49. The van der Waals surface area contributed by atoms with Gasteiger partial charge >= 0.3 is 5.97 Å². The third-order valence-electron chi connectivity index (χ3n) is 1.97. The summed E-state index contributed by atoms with van der Waals surface area (Å²) in [5, 5.41) is 8.56. The molecule has 1 aromatic heterocycles. The number of carbonyl (C=O) groups is 1. The van der Waals surface area contributed by atoms with Gasteiger partial charge in [0.25, 0.3) is 0 Å². The summed E-state index contributed by atoms with van der Waals surface area (Å²) < 4.78 is 0. The zero-order valence-electron chi connectivity index (χ0n) is 7.68. The molecular weight excluding hydrogens is 182 g/mol. The molecule has 5 heteroatoms. The number of nitrogen functional groups attached to an aromatic ring is 1. The van der Waals surface area contributed by atoms with Crippen LogP contribution in [0, 0.1) is 0 Å². The van der Waals surface area contributed by atoms with Crippen LogP contribution in [0.25, 0.3) is 0 Å². The number of aliphatic carboxylic acids is 1. The van der Waals surface area contributed by atoms with Crippen molar-refractivity contribution >= 4 is 11.8 Å². The summed E-state index contributed by atoms with van der Waals surface area (Å²) >= 11 is 0. The molecule has 0 radical (unpaired) electrons. The fourth-order valence-corrected chi connectivity index (χ4v) is 1.10. The Kier molecular flexibility index (Phi) is 3.41. The summed E-state index contributed by atoms with van der Waals surface area (Å²) in [6, 6.07) is 2.74. The van der Waals surface area contributed by atoms with E-state index < -0.39 is 12.0 Å². The number of anilines is 1. The highest BCUT2D eigenvalue weighted by molar-refractivity contribution is 5.73. The van der Waals surface area contributed by atoms with Gasteiger partial charge in [-0.05, 0) is 24.5 Å². The van der Waals surface area contributed by atoms with Crippen molar-refractivity contribution in [2.75, 3.05) is 5.73 Å². The molecule has 0 aliphatic rings. The Labute approximate surface area is 81.7 Å². The quantitative estimate of drug-likeness (QED) is 0.628. The predicted molar refractivity (Wildman–Crippen MR) is 52.6 cm³/mol. The van der Waals surface area contributed by atoms with Crippen molar-refractivity contribution in [1.29, 1.82) is 0 Å². The predicted octanol–water partition coefficient (Wildman–Crippen LogP) is 0.00830. The highest BCUT2D eigenvalue weighted by Crippen LogP contribution is 2.10. The highest BCUT2D eigenvalue weighted by atomic mass is 16.4. The van der Waals surface area contributed by atoms with E-state index in [9.17, 15) is 4.79 Å². The Morgan fingerprint density at radius 1 is 1.64 bits per heavy atom. The molecule has 0 amide bonds. The zero-order valence-corrected chi connectivity index (χ0v) is 7.68. The van der Waals surface area contributed by atoms with Gasteiger partial charge in [0, 0.05) is 6.20 Å². The largest absolute Gasteiger partial charge is 0.480 e. The number of hydrogen-bond donors (Lipinski definition) is 3. The van der Waals surface area contributed by atoms with Gasteiger partial charge in [0.2, 0.25) is 0 Å². The van der Waals surface area contributed by atoms with Gasteiger partial charge in [-0.1, -0.05) is 6.07 Å². The number of hydrogen-bond acceptors (Lipinski definition) is 4. The third kappa shape index (κ3) is 2.70. The number of rotatable bonds is 4. The van der Waals surface area contributed by atoms with Crippen molar-refractivity contribution in [3.63, 3.8) is 0 Å². The first-order chi connectivity index (χ1) is 6.61. The van der Waals surface area contributed by atoms with Crippen molar-refractivity contribution in [2.24, 2.45) is 5.73 Å². The van der Waals surface area contributed by atoms with Crippen molar-refractivity contribution in [3.05, 3.63) is 23.9 Å². The Morgan fingerprint density at radius 2 is 2.36 bits per heavy atom. The van der Waals surface area contributed by atoms with Gasteiger partial charge in [-0.25, -0.2) is 4.98 Å².